The van der Waals surface area contributed by atoms with Crippen LogP contribution in [-0.4, -0.2) is 5.16 Å². The minimum Gasteiger partial charge on any atom is -0.193 e. The molecule has 2 aromatic carbocycles. The average Bonchev–Trinajstić information content (AvgIpc) is 2.74. The van der Waals surface area contributed by atoms with Crippen LogP contribution in [0.2, 0.25) is 5.02 Å². The fourth-order valence-corrected chi connectivity index (χ4v) is 5.08. The summed E-state index contributed by atoms with van der Waals surface area (Å²) in [6.07, 6.45) is 12.5. The Morgan fingerprint density at radius 2 is 1.72 bits per heavy atom. The molecule has 3 heteroatoms. The van der Waals surface area contributed by atoms with Crippen molar-refractivity contribution in [2.24, 2.45) is 10.9 Å². The van der Waals surface area contributed by atoms with Gasteiger partial charge in [-0.15, -0.1) is 0 Å². The smallest absolute Gasteiger partial charge is 0.0955 e. The van der Waals surface area contributed by atoms with Gasteiger partial charge >= 0.3 is 0 Å². The second-order valence-corrected chi connectivity index (χ2v) is 9.11. The lowest BCUT2D eigenvalue weighted by molar-refractivity contribution is 0.302. The zero-order chi connectivity index (χ0) is 20.6. The van der Waals surface area contributed by atoms with Crippen molar-refractivity contribution >= 4 is 34.7 Å². The summed E-state index contributed by atoms with van der Waals surface area (Å²) in [6, 6.07) is 13.2. The van der Waals surface area contributed by atoms with Gasteiger partial charge in [0, 0.05) is 0 Å². The van der Waals surface area contributed by atoms with E-state index in [1.807, 2.05) is 13.0 Å². The van der Waals surface area contributed by atoms with Gasteiger partial charge in [0.2, 0.25) is 0 Å². The highest BCUT2D eigenvalue weighted by Gasteiger charge is 2.22. The predicted octanol–water partition coefficient (Wildman–Crippen LogP) is 9.29. The number of hydrogen-bond donors (Lipinski definition) is 0. The van der Waals surface area contributed by atoms with Crippen molar-refractivity contribution in [1.82, 2.24) is 0 Å². The molecule has 3 rings (SSSR count). The third-order valence-electron chi connectivity index (χ3n) is 6.44. The Morgan fingerprint density at radius 1 is 1.00 bits per heavy atom. The summed E-state index contributed by atoms with van der Waals surface area (Å²) >= 11 is 11.1. The Hall–Kier alpha value is -1.47. The Morgan fingerprint density at radius 3 is 2.34 bits per heavy atom. The van der Waals surface area contributed by atoms with Gasteiger partial charge in [0.05, 0.1) is 15.9 Å². The first-order valence-corrected chi connectivity index (χ1v) is 11.9. The van der Waals surface area contributed by atoms with Crippen LogP contribution in [0.4, 0.5) is 5.69 Å². The van der Waals surface area contributed by atoms with E-state index in [0.717, 1.165) is 23.0 Å². The molecule has 0 amide bonds. The number of thiocarbonyl (C=S) groups is 1. The molecule has 0 aromatic heterocycles. The Kier molecular flexibility index (Phi) is 8.48. The summed E-state index contributed by atoms with van der Waals surface area (Å²) in [5.41, 5.74) is 5.54. The second-order valence-electron chi connectivity index (χ2n) is 8.52. The first-order valence-electron chi connectivity index (χ1n) is 11.1. The fourth-order valence-electron chi connectivity index (χ4n) is 4.68. The van der Waals surface area contributed by atoms with Crippen LogP contribution in [0.3, 0.4) is 0 Å². The quantitative estimate of drug-likeness (QED) is 0.233. The van der Waals surface area contributed by atoms with Crippen molar-refractivity contribution in [2.75, 3.05) is 0 Å². The highest BCUT2D eigenvalue weighted by Crippen LogP contribution is 2.39. The Labute approximate surface area is 186 Å². The molecule has 0 heterocycles. The summed E-state index contributed by atoms with van der Waals surface area (Å²) in [5.74, 6) is 1.68. The molecular formula is C26H32ClNS. The highest BCUT2D eigenvalue weighted by atomic mass is 35.5. The van der Waals surface area contributed by atoms with Gasteiger partial charge in [0.25, 0.3) is 0 Å². The minimum atomic E-state index is 0.624. The molecule has 1 aliphatic carbocycles. The van der Waals surface area contributed by atoms with Crippen molar-refractivity contribution < 1.29 is 0 Å². The van der Waals surface area contributed by atoms with Crippen molar-refractivity contribution in [3.63, 3.8) is 0 Å². The van der Waals surface area contributed by atoms with E-state index in [-0.39, 0.29) is 0 Å². The van der Waals surface area contributed by atoms with Crippen molar-refractivity contribution in [2.45, 2.75) is 77.6 Å². The van der Waals surface area contributed by atoms with Crippen LogP contribution >= 0.6 is 23.8 Å². The van der Waals surface area contributed by atoms with Gasteiger partial charge in [-0.1, -0.05) is 74.9 Å². The largest absolute Gasteiger partial charge is 0.193 e. The standard InChI is InChI=1S/C26H32ClNS/c1-3-4-5-6-7-20-8-10-21(11-9-20)22-12-14-23(15-13-22)24-16-19(2)26(28-18-29)25(27)17-24/h12-17,20-21H,3-11H2,1-2H3. The summed E-state index contributed by atoms with van der Waals surface area (Å²) in [7, 11) is 0. The summed E-state index contributed by atoms with van der Waals surface area (Å²) in [6.45, 7) is 4.30. The number of nitrogens with zero attached hydrogens (tertiary/aromatic N) is 1. The van der Waals surface area contributed by atoms with Crippen LogP contribution in [0.1, 0.15) is 81.8 Å². The van der Waals surface area contributed by atoms with Crippen LogP contribution < -0.4 is 0 Å². The van der Waals surface area contributed by atoms with Crippen LogP contribution in [0, 0.1) is 12.8 Å². The Bertz CT molecular complexity index is 821. The molecule has 0 spiro atoms. The average molecular weight is 426 g/mol. The first-order chi connectivity index (χ1) is 14.1. The van der Waals surface area contributed by atoms with E-state index >= 15 is 0 Å². The molecule has 1 saturated carbocycles. The van der Waals surface area contributed by atoms with Gasteiger partial charge in [-0.25, -0.2) is 0 Å². The maximum atomic E-state index is 6.40. The molecular weight excluding hydrogens is 394 g/mol. The van der Waals surface area contributed by atoms with Gasteiger partial charge in [0.15, 0.2) is 0 Å². The second kappa shape index (κ2) is 11.1. The first kappa shape index (κ1) is 22.2. The summed E-state index contributed by atoms with van der Waals surface area (Å²) in [5, 5.41) is 3.04. The highest BCUT2D eigenvalue weighted by molar-refractivity contribution is 7.78. The van der Waals surface area contributed by atoms with E-state index in [1.165, 1.54) is 68.9 Å². The predicted molar refractivity (Wildman–Crippen MR) is 130 cm³/mol. The third-order valence-corrected chi connectivity index (χ3v) is 6.82. The Balaban J connectivity index is 1.61. The number of isothiocyanates is 1. The molecule has 0 aliphatic heterocycles. The molecule has 0 bridgehead atoms. The normalized spacial score (nSPS) is 19.0. The van der Waals surface area contributed by atoms with Crippen molar-refractivity contribution in [3.05, 3.63) is 52.5 Å². The lowest BCUT2D eigenvalue weighted by Crippen LogP contribution is -2.13. The van der Waals surface area contributed by atoms with Crippen LogP contribution in [0.15, 0.2) is 41.4 Å². The molecule has 1 fully saturated rings. The minimum absolute atomic E-state index is 0.624. The number of unbranched alkanes of at least 4 members (excludes halogenated alkanes) is 3. The monoisotopic (exact) mass is 425 g/mol. The maximum absolute atomic E-state index is 6.40. The molecule has 0 saturated heterocycles. The van der Waals surface area contributed by atoms with Crippen molar-refractivity contribution in [3.8, 4) is 11.1 Å². The van der Waals surface area contributed by atoms with Crippen LogP contribution in [0.25, 0.3) is 11.1 Å². The van der Waals surface area contributed by atoms with Gasteiger partial charge < -0.3 is 0 Å². The van der Waals surface area contributed by atoms with Crippen LogP contribution in [-0.2, 0) is 0 Å². The van der Waals surface area contributed by atoms with E-state index in [1.54, 1.807) is 0 Å². The molecule has 29 heavy (non-hydrogen) atoms. The summed E-state index contributed by atoms with van der Waals surface area (Å²) < 4.78 is 0. The van der Waals surface area contributed by atoms with E-state index in [0.29, 0.717) is 10.7 Å². The van der Waals surface area contributed by atoms with Crippen LogP contribution in [0.5, 0.6) is 0 Å². The lowest BCUT2D eigenvalue weighted by atomic mass is 9.77. The number of aliphatic imine (C=N–C) groups is 1. The molecule has 0 radical (unpaired) electrons. The van der Waals surface area contributed by atoms with E-state index in [2.05, 4.69) is 47.4 Å². The third kappa shape index (κ3) is 6.01. The number of aryl methyl sites for hydroxylation is 1. The number of hydrogen-bond acceptors (Lipinski definition) is 2. The molecule has 154 valence electrons. The molecule has 1 nitrogen and oxygen atoms in total. The van der Waals surface area contributed by atoms with Crippen molar-refractivity contribution in [1.29, 1.82) is 0 Å². The van der Waals surface area contributed by atoms with Gasteiger partial charge in [-0.3, -0.25) is 0 Å². The van der Waals surface area contributed by atoms with E-state index in [4.69, 9.17) is 23.8 Å². The van der Waals surface area contributed by atoms with E-state index < -0.39 is 0 Å². The molecule has 0 N–H and O–H groups in total. The maximum Gasteiger partial charge on any atom is 0.0955 e. The zero-order valence-electron chi connectivity index (χ0n) is 17.7. The van der Waals surface area contributed by atoms with Gasteiger partial charge in [-0.05, 0) is 91.0 Å². The zero-order valence-corrected chi connectivity index (χ0v) is 19.3. The van der Waals surface area contributed by atoms with E-state index in [9.17, 15) is 0 Å². The topological polar surface area (TPSA) is 12.4 Å². The number of benzene rings is 2. The SMILES string of the molecule is CCCCCCC1CCC(c2ccc(-c3cc(C)c(N=C=S)c(Cl)c3)cc2)CC1. The number of halogens is 1. The molecule has 2 aromatic rings. The molecule has 0 unspecified atom stereocenters. The van der Waals surface area contributed by atoms with Gasteiger partial charge in [0.1, 0.15) is 0 Å². The van der Waals surface area contributed by atoms with Gasteiger partial charge in [-0.2, -0.15) is 4.99 Å². The number of rotatable bonds is 8. The lowest BCUT2D eigenvalue weighted by Gasteiger charge is -2.29. The summed E-state index contributed by atoms with van der Waals surface area (Å²) in [4.78, 5) is 4.08. The molecule has 1 aliphatic rings. The fraction of sp³-hybridized carbons (Fsp3) is 0.500. The molecule has 0 atom stereocenters.